The zero-order valence-electron chi connectivity index (χ0n) is 58.2. The van der Waals surface area contributed by atoms with Crippen LogP contribution in [-0.2, 0) is 37.9 Å². The molecule has 1 aliphatic rings. The first-order valence-corrected chi connectivity index (χ1v) is 33.5. The molecule has 0 saturated heterocycles. The van der Waals surface area contributed by atoms with E-state index >= 15 is 0 Å². The largest absolute Gasteiger partial charge is 0.457 e. The number of hydrogen-bond donors (Lipinski definition) is 0. The van der Waals surface area contributed by atoms with Gasteiger partial charge in [0.15, 0.2) is 0 Å². The fraction of sp³-hybridized carbons (Fsp3) is 0.281. The average molecular weight is 1220 g/mol. The maximum atomic E-state index is 7.67. The molecule has 0 aliphatic heterocycles. The molecule has 4 heteroatoms. The quantitative estimate of drug-likeness (QED) is 0.136. The van der Waals surface area contributed by atoms with Gasteiger partial charge in [0.2, 0.25) is 0 Å². The summed E-state index contributed by atoms with van der Waals surface area (Å²) < 4.78 is 14.5. The van der Waals surface area contributed by atoms with Gasteiger partial charge in [0.25, 0.3) is 0 Å². The van der Waals surface area contributed by atoms with E-state index in [0.29, 0.717) is 0 Å². The second-order valence-corrected chi connectivity index (χ2v) is 32.3. The second kappa shape index (κ2) is 22.6. The number of rotatable bonds is 10. The third-order valence-corrected chi connectivity index (χ3v) is 19.6. The molecule has 1 aromatic heterocycles. The minimum absolute atomic E-state index is 0.0159. The summed E-state index contributed by atoms with van der Waals surface area (Å²) in [6.07, 6.45) is 0. The van der Waals surface area contributed by atoms with Gasteiger partial charge in [-0.1, -0.05) is 264 Å². The first kappa shape index (κ1) is 62.7. The number of hydrogen-bond acceptors (Lipinski definition) is 4. The Labute approximate surface area is 553 Å². The highest BCUT2D eigenvalue weighted by Crippen LogP contribution is 2.64. The maximum Gasteiger partial charge on any atom is 0.145 e. The molecule has 0 amide bonds. The highest BCUT2D eigenvalue weighted by molar-refractivity contribution is 6.22. The first-order valence-electron chi connectivity index (χ1n) is 33.5. The Hall–Kier alpha value is -9.12. The van der Waals surface area contributed by atoms with Gasteiger partial charge < -0.3 is 19.0 Å². The number of nitrogens with zero attached hydrogens (tertiary/aromatic N) is 2. The Morgan fingerprint density at radius 2 is 0.602 bits per heavy atom. The molecule has 13 rings (SSSR count). The van der Waals surface area contributed by atoms with Crippen molar-refractivity contribution in [1.82, 2.24) is 0 Å². The van der Waals surface area contributed by atoms with Crippen molar-refractivity contribution in [2.45, 2.75) is 163 Å². The molecular formula is C89H92N2O2. The molecule has 0 radical (unpaired) electrons. The van der Waals surface area contributed by atoms with Crippen LogP contribution in [0.4, 0.5) is 34.1 Å². The molecule has 0 fully saturated rings. The predicted octanol–water partition coefficient (Wildman–Crippen LogP) is 25.6. The number of anilines is 6. The van der Waals surface area contributed by atoms with E-state index in [9.17, 15) is 0 Å². The molecule has 12 aromatic rings. The molecule has 1 aliphatic carbocycles. The van der Waals surface area contributed by atoms with Crippen LogP contribution in [0, 0.1) is 0 Å². The topological polar surface area (TPSA) is 28.9 Å². The second-order valence-electron chi connectivity index (χ2n) is 32.3. The van der Waals surface area contributed by atoms with Crippen molar-refractivity contribution in [2.24, 2.45) is 0 Å². The van der Waals surface area contributed by atoms with Crippen LogP contribution < -0.4 is 14.5 Å². The van der Waals surface area contributed by atoms with Gasteiger partial charge in [-0.3, -0.25) is 0 Å². The van der Waals surface area contributed by atoms with Crippen LogP contribution >= 0.6 is 0 Å². The van der Waals surface area contributed by atoms with Crippen LogP contribution in [0.5, 0.6) is 11.5 Å². The molecule has 470 valence electrons. The molecule has 1 heterocycles. The monoisotopic (exact) mass is 1220 g/mol. The normalized spacial score (nSPS) is 14.6. The van der Waals surface area contributed by atoms with Crippen LogP contribution in [0.1, 0.15) is 180 Å². The summed E-state index contributed by atoms with van der Waals surface area (Å²) in [4.78, 5) is 5.00. The first-order chi connectivity index (χ1) is 43.9. The van der Waals surface area contributed by atoms with E-state index in [0.717, 1.165) is 106 Å². The lowest BCUT2D eigenvalue weighted by Crippen LogP contribution is -2.29. The zero-order chi connectivity index (χ0) is 66.0. The van der Waals surface area contributed by atoms with Gasteiger partial charge in [0.1, 0.15) is 22.7 Å². The van der Waals surface area contributed by atoms with Gasteiger partial charge in [0.05, 0.1) is 22.2 Å². The van der Waals surface area contributed by atoms with E-state index < -0.39 is 5.41 Å². The van der Waals surface area contributed by atoms with Crippen molar-refractivity contribution in [1.29, 1.82) is 0 Å². The highest BCUT2D eigenvalue weighted by atomic mass is 16.5. The molecule has 11 aromatic carbocycles. The smallest absolute Gasteiger partial charge is 0.145 e. The Bertz CT molecular complexity index is 4620. The SMILES string of the molecule is CC(C)(C)c1ccc(Oc2ccc(C3(c4ccc(C(C)(C)C)cc4)c4cc(N(c5ccc(C(C)(C)C)cc5)c5ccc(C(C)(C)C)cc5)c5ccccc5c4-c4c3cc(N(c3ccc(C(C)(C)C)cc3)c3ccc(C(C)(C)C)cc3)c3c4oc4ccccc43)cc2)cc1. The van der Waals surface area contributed by atoms with Gasteiger partial charge in [-0.15, -0.1) is 0 Å². The van der Waals surface area contributed by atoms with E-state index in [-0.39, 0.29) is 32.5 Å². The molecule has 1 atom stereocenters. The fourth-order valence-corrected chi connectivity index (χ4v) is 14.1. The molecule has 0 spiro atoms. The number of furan rings is 1. The van der Waals surface area contributed by atoms with E-state index in [4.69, 9.17) is 9.15 Å². The molecule has 0 N–H and O–H groups in total. The van der Waals surface area contributed by atoms with Crippen LogP contribution in [0.2, 0.25) is 0 Å². The standard InChI is InChI=1S/C89H92N2O2/c1-83(2,3)57-27-29-63(30-28-57)89(64-41-53-70(54-42-64)92-69-51-39-62(40-52-69)88(16,17)18)74-55-76(90(65-43-31-58(32-44-65)84(4,5)6)66-45-33-59(34-46-66)85(7,8)9)71-23-19-20-24-72(71)79(74)81-75(89)56-77(80-73-25-21-22-26-78(73)93-82(80)81)91(67-47-35-60(36-48-67)86(10,11)12)68-49-37-61(38-50-68)87(13,14)15/h19-56H,1-18H3. The molecule has 0 saturated carbocycles. The van der Waals surface area contributed by atoms with Crippen molar-refractivity contribution in [3.63, 3.8) is 0 Å². The molecule has 93 heavy (non-hydrogen) atoms. The third-order valence-electron chi connectivity index (χ3n) is 19.6. The van der Waals surface area contributed by atoms with Crippen molar-refractivity contribution in [2.75, 3.05) is 9.80 Å². The van der Waals surface area contributed by atoms with Crippen LogP contribution in [0.15, 0.2) is 235 Å². The van der Waals surface area contributed by atoms with E-state index in [1.165, 1.54) is 38.9 Å². The van der Waals surface area contributed by atoms with Crippen LogP contribution in [0.25, 0.3) is 43.8 Å². The minimum Gasteiger partial charge on any atom is -0.457 e. The predicted molar refractivity (Wildman–Crippen MR) is 397 cm³/mol. The summed E-state index contributed by atoms with van der Waals surface area (Å²) in [5.74, 6) is 1.56. The summed E-state index contributed by atoms with van der Waals surface area (Å²) in [5, 5.41) is 4.39. The van der Waals surface area contributed by atoms with Crippen molar-refractivity contribution < 1.29 is 9.15 Å². The summed E-state index contributed by atoms with van der Waals surface area (Å²) in [7, 11) is 0. The maximum absolute atomic E-state index is 7.67. The van der Waals surface area contributed by atoms with E-state index in [2.05, 4.69) is 365 Å². The summed E-state index contributed by atoms with van der Waals surface area (Å²) in [6.45, 7) is 41.2. The van der Waals surface area contributed by atoms with Gasteiger partial charge in [-0.25, -0.2) is 0 Å². The fourth-order valence-electron chi connectivity index (χ4n) is 14.1. The average Bonchev–Trinajstić information content (AvgIpc) is 1.51. The number of ether oxygens (including phenoxy) is 1. The molecular weight excluding hydrogens is 1130 g/mol. The molecule has 0 bridgehead atoms. The van der Waals surface area contributed by atoms with Crippen molar-refractivity contribution in [3.05, 3.63) is 286 Å². The Kier molecular flexibility index (Phi) is 15.2. The number of benzene rings is 11. The lowest BCUT2D eigenvalue weighted by atomic mass is 9.66. The van der Waals surface area contributed by atoms with Gasteiger partial charge >= 0.3 is 0 Å². The third kappa shape index (κ3) is 11.3. The van der Waals surface area contributed by atoms with Gasteiger partial charge in [-0.05, 0) is 190 Å². The Morgan fingerprint density at radius 1 is 0.301 bits per heavy atom. The lowest BCUT2D eigenvalue weighted by Gasteiger charge is -2.37. The summed E-state index contributed by atoms with van der Waals surface area (Å²) >= 11 is 0. The van der Waals surface area contributed by atoms with Gasteiger partial charge in [-0.2, -0.15) is 0 Å². The van der Waals surface area contributed by atoms with Crippen molar-refractivity contribution in [3.8, 4) is 22.6 Å². The van der Waals surface area contributed by atoms with Crippen LogP contribution in [-0.4, -0.2) is 0 Å². The highest BCUT2D eigenvalue weighted by Gasteiger charge is 2.50. The minimum atomic E-state index is -0.968. The van der Waals surface area contributed by atoms with E-state index in [1.807, 2.05) is 0 Å². The summed E-state index contributed by atoms with van der Waals surface area (Å²) in [6, 6.07) is 87.1. The molecule has 1 unspecified atom stereocenters. The Balaban J connectivity index is 1.19. The lowest BCUT2D eigenvalue weighted by molar-refractivity contribution is 0.481. The van der Waals surface area contributed by atoms with Crippen molar-refractivity contribution >= 4 is 66.8 Å². The molecule has 4 nitrogen and oxygen atoms in total. The van der Waals surface area contributed by atoms with Crippen LogP contribution in [0.3, 0.4) is 0 Å². The van der Waals surface area contributed by atoms with E-state index in [1.54, 1.807) is 0 Å². The summed E-state index contributed by atoms with van der Waals surface area (Å²) in [5.41, 5.74) is 21.3. The Morgan fingerprint density at radius 3 is 1.00 bits per heavy atom. The zero-order valence-corrected chi connectivity index (χ0v) is 58.2. The number of para-hydroxylation sites is 1. The van der Waals surface area contributed by atoms with Gasteiger partial charge in [0, 0.05) is 39.1 Å². The number of fused-ring (bicyclic) bond motifs is 9.